The molecule has 1 fully saturated rings. The van der Waals surface area contributed by atoms with E-state index in [1.165, 1.54) is 25.8 Å². The Balaban J connectivity index is 2.11. The largest absolute Gasteiger partial charge is 0.311 e. The third kappa shape index (κ3) is 2.98. The van der Waals surface area contributed by atoms with E-state index in [1.807, 2.05) is 6.08 Å². The van der Waals surface area contributed by atoms with E-state index in [1.54, 1.807) is 0 Å². The minimum Gasteiger partial charge on any atom is -0.311 e. The topological polar surface area (TPSA) is 12.0 Å². The summed E-state index contributed by atoms with van der Waals surface area (Å²) in [7, 11) is 0. The fourth-order valence-electron chi connectivity index (χ4n) is 1.95. The van der Waals surface area contributed by atoms with Crippen LogP contribution in [0.1, 0.15) is 33.1 Å². The lowest BCUT2D eigenvalue weighted by atomic mass is 10.1. The van der Waals surface area contributed by atoms with Crippen molar-refractivity contribution in [2.75, 3.05) is 6.54 Å². The van der Waals surface area contributed by atoms with E-state index in [0.29, 0.717) is 6.04 Å². The second-order valence-corrected chi connectivity index (χ2v) is 4.22. The first kappa shape index (κ1) is 9.79. The minimum absolute atomic E-state index is 0.473. The summed E-state index contributed by atoms with van der Waals surface area (Å²) in [6.45, 7) is 9.45. The molecule has 0 amide bonds. The van der Waals surface area contributed by atoms with Crippen molar-refractivity contribution in [3.05, 3.63) is 12.7 Å². The molecule has 1 saturated carbocycles. The van der Waals surface area contributed by atoms with Gasteiger partial charge in [0.1, 0.15) is 0 Å². The molecular weight excluding hydrogens is 146 g/mol. The fourth-order valence-corrected chi connectivity index (χ4v) is 1.95. The SMILES string of the molecule is C=CC(C)NCC1CCC(C)C1. The van der Waals surface area contributed by atoms with Gasteiger partial charge in [-0.25, -0.2) is 0 Å². The van der Waals surface area contributed by atoms with Gasteiger partial charge in [-0.2, -0.15) is 0 Å². The van der Waals surface area contributed by atoms with Gasteiger partial charge in [-0.1, -0.05) is 19.4 Å². The molecule has 0 spiro atoms. The molecule has 3 unspecified atom stereocenters. The van der Waals surface area contributed by atoms with Gasteiger partial charge in [-0.3, -0.25) is 0 Å². The number of hydrogen-bond acceptors (Lipinski definition) is 1. The Bertz CT molecular complexity index is 142. The van der Waals surface area contributed by atoms with Gasteiger partial charge in [0.05, 0.1) is 0 Å². The lowest BCUT2D eigenvalue weighted by molar-refractivity contribution is 0.458. The summed E-state index contributed by atoms with van der Waals surface area (Å²) >= 11 is 0. The standard InChI is InChI=1S/C11H21N/c1-4-10(3)12-8-11-6-5-9(2)7-11/h4,9-12H,1,5-8H2,2-3H3. The molecule has 70 valence electrons. The summed E-state index contributed by atoms with van der Waals surface area (Å²) < 4.78 is 0. The highest BCUT2D eigenvalue weighted by atomic mass is 14.9. The van der Waals surface area contributed by atoms with Crippen molar-refractivity contribution < 1.29 is 0 Å². The van der Waals surface area contributed by atoms with Crippen LogP contribution in [0, 0.1) is 11.8 Å². The molecule has 0 saturated heterocycles. The molecule has 0 aromatic rings. The Hall–Kier alpha value is -0.300. The van der Waals surface area contributed by atoms with E-state index in [9.17, 15) is 0 Å². The van der Waals surface area contributed by atoms with Gasteiger partial charge in [0.25, 0.3) is 0 Å². The van der Waals surface area contributed by atoms with E-state index in [0.717, 1.165) is 11.8 Å². The van der Waals surface area contributed by atoms with Crippen molar-refractivity contribution in [3.8, 4) is 0 Å². The molecule has 0 aromatic carbocycles. The van der Waals surface area contributed by atoms with E-state index < -0.39 is 0 Å². The number of rotatable bonds is 4. The predicted octanol–water partition coefficient (Wildman–Crippen LogP) is 2.59. The van der Waals surface area contributed by atoms with E-state index in [4.69, 9.17) is 0 Å². The Kier molecular flexibility index (Phi) is 3.80. The van der Waals surface area contributed by atoms with Crippen molar-refractivity contribution in [3.63, 3.8) is 0 Å². The van der Waals surface area contributed by atoms with Gasteiger partial charge in [0.15, 0.2) is 0 Å². The van der Waals surface area contributed by atoms with Gasteiger partial charge < -0.3 is 5.32 Å². The van der Waals surface area contributed by atoms with Crippen LogP contribution in [0.15, 0.2) is 12.7 Å². The quantitative estimate of drug-likeness (QED) is 0.635. The van der Waals surface area contributed by atoms with E-state index in [2.05, 4.69) is 25.7 Å². The van der Waals surface area contributed by atoms with Gasteiger partial charge in [-0.05, 0) is 38.1 Å². The highest BCUT2D eigenvalue weighted by Gasteiger charge is 2.20. The lowest BCUT2D eigenvalue weighted by Crippen LogP contribution is -2.28. The molecule has 1 aliphatic carbocycles. The molecule has 1 heteroatoms. The van der Waals surface area contributed by atoms with E-state index in [-0.39, 0.29) is 0 Å². The number of hydrogen-bond donors (Lipinski definition) is 1. The first-order valence-corrected chi connectivity index (χ1v) is 5.08. The van der Waals surface area contributed by atoms with Crippen molar-refractivity contribution in [2.45, 2.75) is 39.2 Å². The van der Waals surface area contributed by atoms with Crippen molar-refractivity contribution >= 4 is 0 Å². The van der Waals surface area contributed by atoms with Gasteiger partial charge >= 0.3 is 0 Å². The van der Waals surface area contributed by atoms with Gasteiger partial charge in [0, 0.05) is 6.04 Å². The summed E-state index contributed by atoms with van der Waals surface area (Å²) in [5, 5.41) is 3.48. The van der Waals surface area contributed by atoms with Gasteiger partial charge in [0.2, 0.25) is 0 Å². The molecule has 0 heterocycles. The van der Waals surface area contributed by atoms with Crippen LogP contribution in [-0.4, -0.2) is 12.6 Å². The van der Waals surface area contributed by atoms with Gasteiger partial charge in [-0.15, -0.1) is 6.58 Å². The molecule has 0 radical (unpaired) electrons. The van der Waals surface area contributed by atoms with Crippen molar-refractivity contribution in [2.24, 2.45) is 11.8 Å². The predicted molar refractivity (Wildman–Crippen MR) is 54.2 cm³/mol. The van der Waals surface area contributed by atoms with Crippen LogP contribution < -0.4 is 5.32 Å². The Morgan fingerprint density at radius 1 is 1.58 bits per heavy atom. The molecule has 0 bridgehead atoms. The van der Waals surface area contributed by atoms with Crippen LogP contribution in [0.4, 0.5) is 0 Å². The molecule has 1 rings (SSSR count). The molecule has 12 heavy (non-hydrogen) atoms. The Labute approximate surface area is 76.2 Å². The molecule has 0 aliphatic heterocycles. The molecule has 1 nitrogen and oxygen atoms in total. The summed E-state index contributed by atoms with van der Waals surface area (Å²) in [6, 6.07) is 0.473. The molecular formula is C11H21N. The normalized spacial score (nSPS) is 31.8. The zero-order valence-corrected chi connectivity index (χ0v) is 8.34. The van der Waals surface area contributed by atoms with Crippen LogP contribution in [0.25, 0.3) is 0 Å². The Morgan fingerprint density at radius 3 is 2.83 bits per heavy atom. The maximum atomic E-state index is 3.76. The van der Waals surface area contributed by atoms with Crippen LogP contribution in [0.2, 0.25) is 0 Å². The third-order valence-electron chi connectivity index (χ3n) is 2.89. The summed E-state index contributed by atoms with van der Waals surface area (Å²) in [4.78, 5) is 0. The van der Waals surface area contributed by atoms with Crippen molar-refractivity contribution in [1.29, 1.82) is 0 Å². The first-order chi connectivity index (χ1) is 5.72. The summed E-state index contributed by atoms with van der Waals surface area (Å²) in [5.41, 5.74) is 0. The second-order valence-electron chi connectivity index (χ2n) is 4.22. The average Bonchev–Trinajstić information content (AvgIpc) is 2.47. The number of nitrogens with one attached hydrogen (secondary N) is 1. The summed E-state index contributed by atoms with van der Waals surface area (Å²) in [5.74, 6) is 1.87. The van der Waals surface area contributed by atoms with Crippen LogP contribution in [-0.2, 0) is 0 Å². The zero-order chi connectivity index (χ0) is 8.97. The molecule has 1 N–H and O–H groups in total. The molecule has 1 aliphatic rings. The highest BCUT2D eigenvalue weighted by Crippen LogP contribution is 2.29. The smallest absolute Gasteiger partial charge is 0.0219 e. The fraction of sp³-hybridized carbons (Fsp3) is 0.818. The zero-order valence-electron chi connectivity index (χ0n) is 8.34. The molecule has 3 atom stereocenters. The lowest BCUT2D eigenvalue weighted by Gasteiger charge is -2.13. The summed E-state index contributed by atoms with van der Waals surface area (Å²) in [6.07, 6.45) is 6.22. The van der Waals surface area contributed by atoms with Crippen LogP contribution in [0.5, 0.6) is 0 Å². The monoisotopic (exact) mass is 167 g/mol. The maximum Gasteiger partial charge on any atom is 0.0219 e. The van der Waals surface area contributed by atoms with Crippen LogP contribution in [0.3, 0.4) is 0 Å². The highest BCUT2D eigenvalue weighted by molar-refractivity contribution is 4.83. The molecule has 0 aromatic heterocycles. The average molecular weight is 167 g/mol. The van der Waals surface area contributed by atoms with Crippen LogP contribution >= 0.6 is 0 Å². The Morgan fingerprint density at radius 2 is 2.33 bits per heavy atom. The second kappa shape index (κ2) is 4.66. The maximum absolute atomic E-state index is 3.76. The first-order valence-electron chi connectivity index (χ1n) is 5.08. The van der Waals surface area contributed by atoms with Crippen molar-refractivity contribution in [1.82, 2.24) is 5.32 Å². The minimum atomic E-state index is 0.473. The van der Waals surface area contributed by atoms with E-state index >= 15 is 0 Å². The third-order valence-corrected chi connectivity index (χ3v) is 2.89.